The molecule has 1 heterocycles. The minimum atomic E-state index is -2.88. The fourth-order valence-corrected chi connectivity index (χ4v) is 1.36. The van der Waals surface area contributed by atoms with Gasteiger partial charge in [0, 0.05) is 18.1 Å². The highest BCUT2D eigenvalue weighted by Gasteiger charge is 2.06. The summed E-state index contributed by atoms with van der Waals surface area (Å²) < 4.78 is 28.1. The normalized spacial score (nSPS) is 10.2. The molecule has 0 fully saturated rings. The van der Waals surface area contributed by atoms with Crippen LogP contribution in [0.2, 0.25) is 0 Å². The van der Waals surface area contributed by atoms with Gasteiger partial charge in [0.15, 0.2) is 5.82 Å². The molecule has 1 aromatic carbocycles. The number of alkyl halides is 2. The van der Waals surface area contributed by atoms with Crippen molar-refractivity contribution in [2.75, 3.05) is 10.6 Å². The number of halogens is 2. The van der Waals surface area contributed by atoms with E-state index in [0.717, 1.165) is 0 Å². The maximum atomic E-state index is 12.0. The smallest absolute Gasteiger partial charge is 0.387 e. The highest BCUT2D eigenvalue weighted by molar-refractivity contribution is 5.99. The number of aromatic nitrogens is 2. The zero-order valence-electron chi connectivity index (χ0n) is 10.1. The third-order valence-electron chi connectivity index (χ3n) is 2.14. The fourth-order valence-electron chi connectivity index (χ4n) is 1.36. The molecule has 0 spiro atoms. The Labute approximate surface area is 112 Å². The Hall–Kier alpha value is -2.77. The van der Waals surface area contributed by atoms with E-state index in [1.807, 2.05) is 0 Å². The third-order valence-corrected chi connectivity index (χ3v) is 2.14. The van der Waals surface area contributed by atoms with Gasteiger partial charge in [-0.3, -0.25) is 10.3 Å². The van der Waals surface area contributed by atoms with Crippen LogP contribution in [0.15, 0.2) is 42.9 Å². The number of amides is 2. The molecule has 0 radical (unpaired) electrons. The van der Waals surface area contributed by atoms with Crippen LogP contribution < -0.4 is 15.4 Å². The zero-order chi connectivity index (χ0) is 14.4. The summed E-state index contributed by atoms with van der Waals surface area (Å²) in [6, 6.07) is 5.00. The van der Waals surface area contributed by atoms with Crippen molar-refractivity contribution in [1.29, 1.82) is 0 Å². The zero-order valence-corrected chi connectivity index (χ0v) is 10.1. The number of nitrogens with zero attached hydrogens (tertiary/aromatic N) is 2. The van der Waals surface area contributed by atoms with Crippen molar-refractivity contribution in [1.82, 2.24) is 9.97 Å². The Balaban J connectivity index is 1.91. The van der Waals surface area contributed by atoms with Crippen molar-refractivity contribution in [3.05, 3.63) is 42.9 Å². The van der Waals surface area contributed by atoms with Crippen LogP contribution in [0.1, 0.15) is 0 Å². The number of rotatable bonds is 4. The van der Waals surface area contributed by atoms with Crippen LogP contribution in [0.5, 0.6) is 5.75 Å². The average Bonchev–Trinajstić information content (AvgIpc) is 2.41. The maximum Gasteiger partial charge on any atom is 0.387 e. The minimum Gasteiger partial charge on any atom is -0.435 e. The number of hydrogen-bond acceptors (Lipinski definition) is 4. The van der Waals surface area contributed by atoms with E-state index in [1.165, 1.54) is 42.9 Å². The molecule has 104 valence electrons. The summed E-state index contributed by atoms with van der Waals surface area (Å²) in [5.74, 6) is 0.308. The predicted molar refractivity (Wildman–Crippen MR) is 67.7 cm³/mol. The van der Waals surface area contributed by atoms with Crippen LogP contribution >= 0.6 is 0 Å². The predicted octanol–water partition coefficient (Wildman–Crippen LogP) is 2.72. The van der Waals surface area contributed by atoms with E-state index in [1.54, 1.807) is 0 Å². The lowest BCUT2D eigenvalue weighted by Gasteiger charge is -2.08. The Morgan fingerprint density at radius 3 is 2.50 bits per heavy atom. The van der Waals surface area contributed by atoms with E-state index in [9.17, 15) is 13.6 Å². The summed E-state index contributed by atoms with van der Waals surface area (Å²) >= 11 is 0. The van der Waals surface area contributed by atoms with Gasteiger partial charge in [-0.1, -0.05) is 0 Å². The molecule has 8 heteroatoms. The summed E-state index contributed by atoms with van der Waals surface area (Å²) in [5.41, 5.74) is 0.424. The summed E-state index contributed by atoms with van der Waals surface area (Å²) in [7, 11) is 0. The van der Waals surface area contributed by atoms with Crippen LogP contribution in [-0.4, -0.2) is 22.6 Å². The molecule has 2 amide bonds. The average molecular weight is 280 g/mol. The SMILES string of the molecule is O=C(Nc1ccc(OC(F)F)cc1)Nc1cnccn1. The van der Waals surface area contributed by atoms with Crippen molar-refractivity contribution in [2.24, 2.45) is 0 Å². The lowest BCUT2D eigenvalue weighted by atomic mass is 10.3. The molecular formula is C12H10F2N4O2. The molecule has 0 aliphatic rings. The monoisotopic (exact) mass is 280 g/mol. The molecule has 6 nitrogen and oxygen atoms in total. The Morgan fingerprint density at radius 1 is 1.15 bits per heavy atom. The standard InChI is InChI=1S/C12H10F2N4O2/c13-11(14)20-9-3-1-8(2-4-9)17-12(19)18-10-7-15-5-6-16-10/h1-7,11H,(H2,16,17,18,19). The van der Waals surface area contributed by atoms with Gasteiger partial charge < -0.3 is 10.1 Å². The molecule has 0 aliphatic heterocycles. The van der Waals surface area contributed by atoms with E-state index < -0.39 is 12.6 Å². The van der Waals surface area contributed by atoms with Gasteiger partial charge in [-0.25, -0.2) is 9.78 Å². The second-order valence-electron chi connectivity index (χ2n) is 3.57. The fraction of sp³-hybridized carbons (Fsp3) is 0.0833. The Morgan fingerprint density at radius 2 is 1.90 bits per heavy atom. The number of ether oxygens (including phenoxy) is 1. The molecule has 0 unspecified atom stereocenters. The van der Waals surface area contributed by atoms with E-state index in [0.29, 0.717) is 11.5 Å². The molecular weight excluding hydrogens is 270 g/mol. The van der Waals surface area contributed by atoms with Gasteiger partial charge in [0.05, 0.1) is 6.20 Å². The molecule has 2 N–H and O–H groups in total. The van der Waals surface area contributed by atoms with Crippen LogP contribution in [-0.2, 0) is 0 Å². The quantitative estimate of drug-likeness (QED) is 0.902. The minimum absolute atomic E-state index is 0.0138. The molecule has 0 saturated carbocycles. The number of carbonyl (C=O) groups excluding carboxylic acids is 1. The molecule has 0 bridgehead atoms. The number of carbonyl (C=O) groups is 1. The number of anilines is 2. The van der Waals surface area contributed by atoms with Crippen LogP contribution in [0.25, 0.3) is 0 Å². The van der Waals surface area contributed by atoms with Crippen molar-refractivity contribution in [2.45, 2.75) is 6.61 Å². The third kappa shape index (κ3) is 4.16. The van der Waals surface area contributed by atoms with E-state index in [2.05, 4.69) is 25.3 Å². The van der Waals surface area contributed by atoms with Crippen molar-refractivity contribution < 1.29 is 18.3 Å². The molecule has 2 aromatic rings. The summed E-state index contributed by atoms with van der Waals surface area (Å²) in [6.45, 7) is -2.88. The van der Waals surface area contributed by atoms with Crippen molar-refractivity contribution >= 4 is 17.5 Å². The first-order chi connectivity index (χ1) is 9.63. The molecule has 0 aliphatic carbocycles. The summed E-state index contributed by atoms with van der Waals surface area (Å²) in [5, 5.41) is 4.97. The number of benzene rings is 1. The van der Waals surface area contributed by atoms with Gasteiger partial charge in [0.2, 0.25) is 0 Å². The van der Waals surface area contributed by atoms with Gasteiger partial charge in [-0.05, 0) is 24.3 Å². The van der Waals surface area contributed by atoms with Crippen LogP contribution in [0.4, 0.5) is 25.1 Å². The van der Waals surface area contributed by atoms with E-state index in [-0.39, 0.29) is 5.75 Å². The first kappa shape index (κ1) is 13.7. The molecule has 20 heavy (non-hydrogen) atoms. The maximum absolute atomic E-state index is 12.0. The molecule has 2 rings (SSSR count). The lowest BCUT2D eigenvalue weighted by Crippen LogP contribution is -2.20. The molecule has 0 saturated heterocycles. The highest BCUT2D eigenvalue weighted by atomic mass is 19.3. The largest absolute Gasteiger partial charge is 0.435 e. The van der Waals surface area contributed by atoms with Crippen molar-refractivity contribution in [3.8, 4) is 5.75 Å². The van der Waals surface area contributed by atoms with Gasteiger partial charge >= 0.3 is 12.6 Å². The first-order valence-electron chi connectivity index (χ1n) is 5.52. The van der Waals surface area contributed by atoms with Gasteiger partial charge in [-0.15, -0.1) is 0 Å². The van der Waals surface area contributed by atoms with E-state index >= 15 is 0 Å². The first-order valence-corrected chi connectivity index (χ1v) is 5.52. The van der Waals surface area contributed by atoms with E-state index in [4.69, 9.17) is 0 Å². The molecule has 1 aromatic heterocycles. The molecule has 0 atom stereocenters. The second-order valence-corrected chi connectivity index (χ2v) is 3.57. The topological polar surface area (TPSA) is 76.1 Å². The van der Waals surface area contributed by atoms with Crippen LogP contribution in [0.3, 0.4) is 0 Å². The number of nitrogens with one attached hydrogen (secondary N) is 2. The number of urea groups is 1. The van der Waals surface area contributed by atoms with Gasteiger partial charge in [0.1, 0.15) is 5.75 Å². The lowest BCUT2D eigenvalue weighted by molar-refractivity contribution is -0.0498. The highest BCUT2D eigenvalue weighted by Crippen LogP contribution is 2.17. The Bertz CT molecular complexity index is 563. The summed E-state index contributed by atoms with van der Waals surface area (Å²) in [4.78, 5) is 19.3. The summed E-state index contributed by atoms with van der Waals surface area (Å²) in [6.07, 6.45) is 4.30. The van der Waals surface area contributed by atoms with Gasteiger partial charge in [-0.2, -0.15) is 8.78 Å². The van der Waals surface area contributed by atoms with Crippen molar-refractivity contribution in [3.63, 3.8) is 0 Å². The van der Waals surface area contributed by atoms with Crippen LogP contribution in [0, 0.1) is 0 Å². The van der Waals surface area contributed by atoms with Gasteiger partial charge in [0.25, 0.3) is 0 Å². The number of hydrogen-bond donors (Lipinski definition) is 2. The Kier molecular flexibility index (Phi) is 4.38. The second kappa shape index (κ2) is 6.41.